The van der Waals surface area contributed by atoms with Crippen LogP contribution in [0.1, 0.15) is 31.7 Å². The van der Waals surface area contributed by atoms with Gasteiger partial charge in [-0.15, -0.1) is 0 Å². The number of nitrogens with zero attached hydrogens (tertiary/aromatic N) is 2. The maximum atomic E-state index is 12.6. The van der Waals surface area contributed by atoms with Crippen LogP contribution in [0.4, 0.5) is 19.0 Å². The Labute approximate surface area is 117 Å². The molecule has 0 unspecified atom stereocenters. The van der Waals surface area contributed by atoms with Crippen LogP contribution in [0.25, 0.3) is 0 Å². The van der Waals surface area contributed by atoms with Gasteiger partial charge < -0.3 is 5.32 Å². The monoisotopic (exact) mass is 287 g/mol. The Hall–Kier alpha value is -1.30. The summed E-state index contributed by atoms with van der Waals surface area (Å²) >= 11 is 0. The summed E-state index contributed by atoms with van der Waals surface area (Å²) in [4.78, 5) is 5.73. The van der Waals surface area contributed by atoms with Gasteiger partial charge in [0.2, 0.25) is 0 Å². The highest BCUT2D eigenvalue weighted by molar-refractivity contribution is 5.43. The number of halogens is 3. The van der Waals surface area contributed by atoms with Gasteiger partial charge in [0.15, 0.2) is 0 Å². The molecule has 0 bridgehead atoms. The molecule has 2 rings (SSSR count). The molecule has 20 heavy (non-hydrogen) atoms. The second-order valence-electron chi connectivity index (χ2n) is 5.19. The average Bonchev–Trinajstić information content (AvgIpc) is 3.19. The van der Waals surface area contributed by atoms with Crippen LogP contribution in [0, 0.1) is 0 Å². The molecule has 1 heterocycles. The molecule has 1 aromatic heterocycles. The molecule has 6 heteroatoms. The molecule has 0 spiro atoms. The molecule has 1 fully saturated rings. The van der Waals surface area contributed by atoms with Crippen molar-refractivity contribution in [3.8, 4) is 0 Å². The number of nitrogens with one attached hydrogen (secondary N) is 1. The van der Waals surface area contributed by atoms with Gasteiger partial charge in [-0.05, 0) is 25.3 Å². The molecule has 1 aromatic rings. The van der Waals surface area contributed by atoms with E-state index in [0.29, 0.717) is 12.4 Å². The fourth-order valence-electron chi connectivity index (χ4n) is 2.17. The molecule has 0 saturated heterocycles. The molecule has 112 valence electrons. The molecule has 0 aromatic carbocycles. The Morgan fingerprint density at radius 3 is 2.75 bits per heavy atom. The van der Waals surface area contributed by atoms with Gasteiger partial charge in [-0.3, -0.25) is 4.90 Å². The van der Waals surface area contributed by atoms with Gasteiger partial charge >= 0.3 is 6.18 Å². The van der Waals surface area contributed by atoms with E-state index in [4.69, 9.17) is 0 Å². The van der Waals surface area contributed by atoms with Crippen LogP contribution in [0.3, 0.4) is 0 Å². The lowest BCUT2D eigenvalue weighted by molar-refractivity contribution is -0.148. The molecule has 1 aliphatic carbocycles. The van der Waals surface area contributed by atoms with E-state index in [-0.39, 0.29) is 6.04 Å². The van der Waals surface area contributed by atoms with Gasteiger partial charge in [-0.25, -0.2) is 4.98 Å². The molecule has 1 aliphatic rings. The van der Waals surface area contributed by atoms with E-state index < -0.39 is 12.7 Å². The summed E-state index contributed by atoms with van der Waals surface area (Å²) < 4.78 is 37.9. The minimum absolute atomic E-state index is 0.0656. The summed E-state index contributed by atoms with van der Waals surface area (Å²) in [5.41, 5.74) is 0.831. The van der Waals surface area contributed by atoms with E-state index in [2.05, 4.69) is 10.3 Å². The Balaban J connectivity index is 2.06. The zero-order valence-electron chi connectivity index (χ0n) is 11.6. The molecule has 1 N–H and O–H groups in total. The predicted octanol–water partition coefficient (Wildman–Crippen LogP) is 3.43. The maximum absolute atomic E-state index is 12.6. The van der Waals surface area contributed by atoms with Crippen LogP contribution in [0.2, 0.25) is 0 Å². The van der Waals surface area contributed by atoms with Gasteiger partial charge in [0, 0.05) is 30.9 Å². The second kappa shape index (κ2) is 6.43. The van der Waals surface area contributed by atoms with Crippen molar-refractivity contribution in [2.45, 2.75) is 44.9 Å². The van der Waals surface area contributed by atoms with Crippen LogP contribution in [-0.2, 0) is 6.54 Å². The highest BCUT2D eigenvalue weighted by atomic mass is 19.4. The molecule has 0 radical (unpaired) electrons. The molecule has 0 amide bonds. The lowest BCUT2D eigenvalue weighted by atomic mass is 10.2. The largest absolute Gasteiger partial charge is 0.401 e. The summed E-state index contributed by atoms with van der Waals surface area (Å²) in [6, 6.07) is 3.68. The summed E-state index contributed by atoms with van der Waals surface area (Å²) in [5.74, 6) is 0.696. The maximum Gasteiger partial charge on any atom is 0.401 e. The molecule has 0 atom stereocenters. The van der Waals surface area contributed by atoms with Crippen LogP contribution in [-0.4, -0.2) is 35.2 Å². The topological polar surface area (TPSA) is 28.2 Å². The lowest BCUT2D eigenvalue weighted by Crippen LogP contribution is -2.35. The van der Waals surface area contributed by atoms with E-state index in [0.717, 1.165) is 31.4 Å². The Morgan fingerprint density at radius 2 is 2.15 bits per heavy atom. The van der Waals surface area contributed by atoms with Crippen molar-refractivity contribution >= 4 is 5.82 Å². The number of pyridine rings is 1. The molecule has 1 saturated carbocycles. The summed E-state index contributed by atoms with van der Waals surface area (Å²) in [7, 11) is 0. The summed E-state index contributed by atoms with van der Waals surface area (Å²) in [6.07, 6.45) is 0.168. The van der Waals surface area contributed by atoms with Gasteiger partial charge in [0.1, 0.15) is 5.82 Å². The minimum atomic E-state index is -4.15. The third kappa shape index (κ3) is 4.67. The van der Waals surface area contributed by atoms with Crippen molar-refractivity contribution in [1.82, 2.24) is 9.88 Å². The van der Waals surface area contributed by atoms with E-state index >= 15 is 0 Å². The molecule has 0 aliphatic heterocycles. The van der Waals surface area contributed by atoms with E-state index in [1.165, 1.54) is 4.90 Å². The van der Waals surface area contributed by atoms with Crippen molar-refractivity contribution in [3.63, 3.8) is 0 Å². The van der Waals surface area contributed by atoms with Crippen molar-refractivity contribution in [1.29, 1.82) is 0 Å². The number of hydrogen-bond acceptors (Lipinski definition) is 3. The smallest absolute Gasteiger partial charge is 0.370 e. The zero-order chi connectivity index (χ0) is 14.6. The van der Waals surface area contributed by atoms with Crippen molar-refractivity contribution < 1.29 is 13.2 Å². The number of hydrogen-bond donors (Lipinski definition) is 1. The zero-order valence-corrected chi connectivity index (χ0v) is 11.6. The Morgan fingerprint density at radius 1 is 1.40 bits per heavy atom. The van der Waals surface area contributed by atoms with E-state index in [1.54, 1.807) is 12.3 Å². The van der Waals surface area contributed by atoms with Crippen molar-refractivity contribution in [3.05, 3.63) is 23.9 Å². The highest BCUT2D eigenvalue weighted by Crippen LogP contribution is 2.32. The van der Waals surface area contributed by atoms with Crippen LogP contribution in [0.15, 0.2) is 18.3 Å². The van der Waals surface area contributed by atoms with Crippen molar-refractivity contribution in [2.75, 3.05) is 18.4 Å². The number of aromatic nitrogens is 1. The fraction of sp³-hybridized carbons (Fsp3) is 0.643. The first-order valence-corrected chi connectivity index (χ1v) is 6.98. The number of anilines is 1. The highest BCUT2D eigenvalue weighted by Gasteiger charge is 2.38. The molecular formula is C14H20F3N3. The van der Waals surface area contributed by atoms with Crippen LogP contribution in [0.5, 0.6) is 0 Å². The van der Waals surface area contributed by atoms with Gasteiger partial charge in [-0.1, -0.05) is 13.0 Å². The first kappa shape index (κ1) is 15.1. The summed E-state index contributed by atoms with van der Waals surface area (Å²) in [6.45, 7) is 2.26. The predicted molar refractivity (Wildman–Crippen MR) is 72.5 cm³/mol. The number of alkyl halides is 3. The first-order chi connectivity index (χ1) is 9.49. The van der Waals surface area contributed by atoms with Gasteiger partial charge in [0.05, 0.1) is 6.54 Å². The Bertz CT molecular complexity index is 430. The Kier molecular flexibility index (Phi) is 4.86. The standard InChI is InChI=1S/C14H20F3N3/c1-2-7-18-13-11(4-3-8-19-13)9-20(12-5-6-12)10-14(15,16)17/h3-4,8,12H,2,5-7,9-10H2,1H3,(H,18,19). The van der Waals surface area contributed by atoms with Crippen LogP contribution >= 0.6 is 0 Å². The van der Waals surface area contributed by atoms with Crippen molar-refractivity contribution in [2.24, 2.45) is 0 Å². The van der Waals surface area contributed by atoms with Crippen LogP contribution < -0.4 is 5.32 Å². The molecular weight excluding hydrogens is 267 g/mol. The lowest BCUT2D eigenvalue weighted by Gasteiger charge is -2.24. The normalized spacial score (nSPS) is 15.7. The quantitative estimate of drug-likeness (QED) is 0.832. The van der Waals surface area contributed by atoms with E-state index in [9.17, 15) is 13.2 Å². The van der Waals surface area contributed by atoms with E-state index in [1.807, 2.05) is 13.0 Å². The number of rotatable bonds is 7. The van der Waals surface area contributed by atoms with Gasteiger partial charge in [0.25, 0.3) is 0 Å². The molecule has 3 nitrogen and oxygen atoms in total. The minimum Gasteiger partial charge on any atom is -0.370 e. The average molecular weight is 287 g/mol. The second-order valence-corrected chi connectivity index (χ2v) is 5.19. The third-order valence-electron chi connectivity index (χ3n) is 3.25. The third-order valence-corrected chi connectivity index (χ3v) is 3.25. The summed E-state index contributed by atoms with van der Waals surface area (Å²) in [5, 5.41) is 3.17. The fourth-order valence-corrected chi connectivity index (χ4v) is 2.17. The SMILES string of the molecule is CCCNc1ncccc1CN(CC(F)(F)F)C1CC1. The van der Waals surface area contributed by atoms with Gasteiger partial charge in [-0.2, -0.15) is 13.2 Å². The first-order valence-electron chi connectivity index (χ1n) is 6.98.